The van der Waals surface area contributed by atoms with Gasteiger partial charge in [-0.05, 0) is 56.8 Å². The van der Waals surface area contributed by atoms with Crippen LogP contribution >= 0.6 is 0 Å². The molecule has 166 valence electrons. The molecule has 0 spiro atoms. The zero-order valence-electron chi connectivity index (χ0n) is 17.6. The Kier molecular flexibility index (Phi) is 7.33. The van der Waals surface area contributed by atoms with Crippen molar-refractivity contribution >= 4 is 11.8 Å². The minimum absolute atomic E-state index is 0.103. The molecule has 0 saturated carbocycles. The number of carbonyl (C=O) groups is 2. The summed E-state index contributed by atoms with van der Waals surface area (Å²) in [5.74, 6) is -2.79. The highest BCUT2D eigenvalue weighted by atomic mass is 19.1. The van der Waals surface area contributed by atoms with Crippen LogP contribution in [0.1, 0.15) is 34.8 Å². The summed E-state index contributed by atoms with van der Waals surface area (Å²) in [4.78, 5) is 28.6. The average Bonchev–Trinajstić information content (AvgIpc) is 2.74. The van der Waals surface area contributed by atoms with Gasteiger partial charge >= 0.3 is 0 Å². The molecule has 8 heteroatoms. The fraction of sp³-hybridized carbons (Fsp3) is 0.391. The molecule has 1 fully saturated rings. The summed E-state index contributed by atoms with van der Waals surface area (Å²) in [5, 5.41) is 2.96. The SMILES string of the molecule is CN(C)C(CNC(=O)C1CCN(C(=O)c2ccc(F)cc2F)CC1)c1ccc(F)cc1. The summed E-state index contributed by atoms with van der Waals surface area (Å²) < 4.78 is 40.2. The van der Waals surface area contributed by atoms with Gasteiger partial charge in [0.2, 0.25) is 5.91 Å². The van der Waals surface area contributed by atoms with E-state index in [2.05, 4.69) is 5.32 Å². The second-order valence-corrected chi connectivity index (χ2v) is 7.97. The van der Waals surface area contributed by atoms with Gasteiger partial charge in [0.1, 0.15) is 17.5 Å². The zero-order chi connectivity index (χ0) is 22.5. The number of rotatable bonds is 6. The second-order valence-electron chi connectivity index (χ2n) is 7.97. The van der Waals surface area contributed by atoms with Gasteiger partial charge in [0, 0.05) is 31.6 Å². The molecule has 1 saturated heterocycles. The number of piperidine rings is 1. The monoisotopic (exact) mass is 433 g/mol. The van der Waals surface area contributed by atoms with Crippen molar-refractivity contribution in [2.75, 3.05) is 33.7 Å². The number of hydrogen-bond acceptors (Lipinski definition) is 3. The molecular weight excluding hydrogens is 407 g/mol. The number of hydrogen-bond donors (Lipinski definition) is 1. The smallest absolute Gasteiger partial charge is 0.256 e. The van der Waals surface area contributed by atoms with Gasteiger partial charge < -0.3 is 15.1 Å². The van der Waals surface area contributed by atoms with Crippen LogP contribution in [0.3, 0.4) is 0 Å². The van der Waals surface area contributed by atoms with E-state index in [0.29, 0.717) is 38.5 Å². The minimum Gasteiger partial charge on any atom is -0.354 e. The predicted octanol–water partition coefficient (Wildman–Crippen LogP) is 3.38. The molecule has 0 aliphatic carbocycles. The molecule has 1 N–H and O–H groups in total. The molecular formula is C23H26F3N3O2. The summed E-state index contributed by atoms with van der Waals surface area (Å²) in [5.41, 5.74) is 0.728. The first-order valence-electron chi connectivity index (χ1n) is 10.2. The Balaban J connectivity index is 1.53. The number of nitrogens with zero attached hydrogens (tertiary/aromatic N) is 2. The first-order valence-corrected chi connectivity index (χ1v) is 10.2. The fourth-order valence-electron chi connectivity index (χ4n) is 3.80. The average molecular weight is 433 g/mol. The third kappa shape index (κ3) is 5.64. The maximum absolute atomic E-state index is 13.9. The van der Waals surface area contributed by atoms with Crippen molar-refractivity contribution in [3.05, 3.63) is 71.0 Å². The molecule has 1 aliphatic rings. The van der Waals surface area contributed by atoms with Gasteiger partial charge in [0.25, 0.3) is 5.91 Å². The number of likely N-dealkylation sites (N-methyl/N-ethyl adjacent to an activating group) is 1. The number of nitrogens with one attached hydrogen (secondary N) is 1. The highest BCUT2D eigenvalue weighted by molar-refractivity contribution is 5.94. The third-order valence-electron chi connectivity index (χ3n) is 5.66. The Morgan fingerprint density at radius 2 is 1.65 bits per heavy atom. The van der Waals surface area contributed by atoms with E-state index in [9.17, 15) is 22.8 Å². The van der Waals surface area contributed by atoms with Crippen molar-refractivity contribution in [3.8, 4) is 0 Å². The molecule has 0 aromatic heterocycles. The minimum atomic E-state index is -0.889. The normalized spacial score (nSPS) is 15.7. The number of carbonyl (C=O) groups excluding carboxylic acids is 2. The molecule has 1 aliphatic heterocycles. The summed E-state index contributed by atoms with van der Waals surface area (Å²) in [7, 11) is 3.78. The van der Waals surface area contributed by atoms with E-state index in [0.717, 1.165) is 17.7 Å². The number of amides is 2. The highest BCUT2D eigenvalue weighted by Crippen LogP contribution is 2.22. The molecule has 1 heterocycles. The van der Waals surface area contributed by atoms with Gasteiger partial charge in [-0.2, -0.15) is 0 Å². The van der Waals surface area contributed by atoms with Crippen LogP contribution < -0.4 is 5.32 Å². The second kappa shape index (κ2) is 9.96. The van der Waals surface area contributed by atoms with Gasteiger partial charge in [-0.25, -0.2) is 13.2 Å². The maximum Gasteiger partial charge on any atom is 0.256 e. The van der Waals surface area contributed by atoms with Crippen molar-refractivity contribution in [2.45, 2.75) is 18.9 Å². The van der Waals surface area contributed by atoms with E-state index < -0.39 is 17.5 Å². The summed E-state index contributed by atoms with van der Waals surface area (Å²) in [6.45, 7) is 1.02. The van der Waals surface area contributed by atoms with Gasteiger partial charge in [0.15, 0.2) is 0 Å². The van der Waals surface area contributed by atoms with Crippen molar-refractivity contribution in [1.29, 1.82) is 0 Å². The largest absolute Gasteiger partial charge is 0.354 e. The lowest BCUT2D eigenvalue weighted by molar-refractivity contribution is -0.126. The van der Waals surface area contributed by atoms with E-state index in [1.165, 1.54) is 17.0 Å². The van der Waals surface area contributed by atoms with Crippen LogP contribution in [-0.2, 0) is 4.79 Å². The Bertz CT molecular complexity index is 926. The molecule has 2 aromatic carbocycles. The number of halogens is 3. The molecule has 31 heavy (non-hydrogen) atoms. The predicted molar refractivity (Wildman–Crippen MR) is 111 cm³/mol. The fourth-order valence-corrected chi connectivity index (χ4v) is 3.80. The lowest BCUT2D eigenvalue weighted by Crippen LogP contribution is -2.44. The van der Waals surface area contributed by atoms with Crippen LogP contribution in [0.5, 0.6) is 0 Å². The summed E-state index contributed by atoms with van der Waals surface area (Å²) in [6.07, 6.45) is 0.924. The Hall–Kier alpha value is -2.87. The van der Waals surface area contributed by atoms with Crippen molar-refractivity contribution in [3.63, 3.8) is 0 Å². The standard InChI is InChI=1S/C23H26F3N3O2/c1-28(2)21(15-3-5-17(24)6-4-15)14-27-22(30)16-9-11-29(12-10-16)23(31)19-8-7-18(25)13-20(19)26/h3-8,13,16,21H,9-12,14H2,1-2H3,(H,27,30). The van der Waals surface area contributed by atoms with Gasteiger partial charge in [-0.15, -0.1) is 0 Å². The summed E-state index contributed by atoms with van der Waals surface area (Å²) >= 11 is 0. The van der Waals surface area contributed by atoms with E-state index in [-0.39, 0.29) is 29.2 Å². The lowest BCUT2D eigenvalue weighted by atomic mass is 9.95. The summed E-state index contributed by atoms with van der Waals surface area (Å²) in [6, 6.07) is 8.97. The Labute approximate surface area is 179 Å². The lowest BCUT2D eigenvalue weighted by Gasteiger charge is -2.32. The van der Waals surface area contributed by atoms with E-state index >= 15 is 0 Å². The Morgan fingerprint density at radius 3 is 2.23 bits per heavy atom. The van der Waals surface area contributed by atoms with Crippen LogP contribution in [0, 0.1) is 23.4 Å². The van der Waals surface area contributed by atoms with Crippen LogP contribution in [0.15, 0.2) is 42.5 Å². The van der Waals surface area contributed by atoms with Crippen LogP contribution in [0.2, 0.25) is 0 Å². The van der Waals surface area contributed by atoms with E-state index in [4.69, 9.17) is 0 Å². The van der Waals surface area contributed by atoms with Gasteiger partial charge in [-0.1, -0.05) is 12.1 Å². The van der Waals surface area contributed by atoms with Crippen LogP contribution in [0.25, 0.3) is 0 Å². The highest BCUT2D eigenvalue weighted by Gasteiger charge is 2.29. The molecule has 0 radical (unpaired) electrons. The Morgan fingerprint density at radius 1 is 1.03 bits per heavy atom. The molecule has 1 atom stereocenters. The van der Waals surface area contributed by atoms with Crippen molar-refractivity contribution in [2.24, 2.45) is 5.92 Å². The number of benzene rings is 2. The maximum atomic E-state index is 13.9. The number of likely N-dealkylation sites (tertiary alicyclic amines) is 1. The third-order valence-corrected chi connectivity index (χ3v) is 5.66. The van der Waals surface area contributed by atoms with Gasteiger partial charge in [-0.3, -0.25) is 9.59 Å². The molecule has 2 amide bonds. The van der Waals surface area contributed by atoms with Crippen molar-refractivity contribution in [1.82, 2.24) is 15.1 Å². The zero-order valence-corrected chi connectivity index (χ0v) is 17.6. The molecule has 3 rings (SSSR count). The quantitative estimate of drug-likeness (QED) is 0.760. The molecule has 0 bridgehead atoms. The van der Waals surface area contributed by atoms with Gasteiger partial charge in [0.05, 0.1) is 11.6 Å². The molecule has 5 nitrogen and oxygen atoms in total. The van der Waals surface area contributed by atoms with E-state index in [1.54, 1.807) is 12.1 Å². The topological polar surface area (TPSA) is 52.7 Å². The van der Waals surface area contributed by atoms with Crippen molar-refractivity contribution < 1.29 is 22.8 Å². The van der Waals surface area contributed by atoms with Crippen LogP contribution in [-0.4, -0.2) is 55.3 Å². The molecule has 1 unspecified atom stereocenters. The first-order chi connectivity index (χ1) is 14.8. The van der Waals surface area contributed by atoms with Crippen LogP contribution in [0.4, 0.5) is 13.2 Å². The molecule has 2 aromatic rings. The van der Waals surface area contributed by atoms with E-state index in [1.807, 2.05) is 19.0 Å². The first kappa shape index (κ1) is 22.8.